The van der Waals surface area contributed by atoms with Crippen molar-refractivity contribution < 1.29 is 95.4 Å². The summed E-state index contributed by atoms with van der Waals surface area (Å²) in [5.74, 6) is -0.787. The molecule has 18 aromatic rings. The van der Waals surface area contributed by atoms with E-state index in [1.54, 1.807) is 79.3 Å². The second-order valence-corrected chi connectivity index (χ2v) is 24.3. The molecular formula is C95H59F8Ir3N9-6. The second-order valence-electron chi connectivity index (χ2n) is 24.3. The van der Waals surface area contributed by atoms with E-state index < -0.39 is 35.1 Å². The molecule has 0 saturated carbocycles. The Morgan fingerprint density at radius 3 is 0.722 bits per heavy atom. The summed E-state index contributed by atoms with van der Waals surface area (Å²) in [4.78, 5) is 40.6. The summed E-state index contributed by atoms with van der Waals surface area (Å²) in [6, 6.07) is 117. The van der Waals surface area contributed by atoms with E-state index in [1.807, 2.05) is 206 Å². The van der Waals surface area contributed by atoms with Crippen LogP contribution in [0.5, 0.6) is 0 Å². The third kappa shape index (κ3) is 23.1. The molecule has 0 fully saturated rings. The molecule has 0 aliphatic carbocycles. The molecule has 0 amide bonds. The van der Waals surface area contributed by atoms with Crippen molar-refractivity contribution in [1.29, 1.82) is 0 Å². The van der Waals surface area contributed by atoms with Gasteiger partial charge in [-0.05, 0) is 124 Å². The van der Waals surface area contributed by atoms with E-state index in [-0.39, 0.29) is 60.3 Å². The molecule has 6 aromatic heterocycles. The summed E-state index contributed by atoms with van der Waals surface area (Å²) in [6.07, 6.45) is -3.52. The molecule has 115 heavy (non-hydrogen) atoms. The van der Waals surface area contributed by atoms with Crippen molar-refractivity contribution >= 4 is 33.1 Å². The van der Waals surface area contributed by atoms with Gasteiger partial charge in [-0.15, -0.1) is 203 Å². The van der Waals surface area contributed by atoms with Crippen LogP contribution in [0.4, 0.5) is 35.1 Å². The zero-order chi connectivity index (χ0) is 77.5. The zero-order valence-corrected chi connectivity index (χ0v) is 67.3. The number of alkyl halides is 6. The van der Waals surface area contributed by atoms with Crippen LogP contribution < -0.4 is 0 Å². The number of aromatic nitrogens is 9. The molecule has 12 aromatic carbocycles. The molecular weight excluding hydrogens is 2000 g/mol. The molecule has 18 rings (SSSR count). The Kier molecular flexibility index (Phi) is 30.5. The van der Waals surface area contributed by atoms with Gasteiger partial charge in [-0.25, -0.2) is 8.78 Å². The van der Waals surface area contributed by atoms with Gasteiger partial charge in [0.25, 0.3) is 0 Å². The average molecular weight is 2060 g/mol. The fraction of sp³-hybridized carbons (Fsp3) is 0.0211. The quantitative estimate of drug-likeness (QED) is 0.103. The molecule has 0 saturated heterocycles. The molecule has 3 radical (unpaired) electrons. The second kappa shape index (κ2) is 41.3. The molecule has 20 heteroatoms. The first-order valence-electron chi connectivity index (χ1n) is 34.8. The summed E-state index contributed by atoms with van der Waals surface area (Å²) in [7, 11) is 0. The van der Waals surface area contributed by atoms with Crippen LogP contribution in [0.2, 0.25) is 0 Å². The summed E-state index contributed by atoms with van der Waals surface area (Å²) >= 11 is 0. The van der Waals surface area contributed by atoms with Crippen molar-refractivity contribution in [3.05, 3.63) is 417 Å². The first kappa shape index (κ1) is 84.9. The topological polar surface area (TPSA) is 116 Å². The molecule has 0 aliphatic rings. The van der Waals surface area contributed by atoms with Gasteiger partial charge in [0.1, 0.15) is 11.6 Å². The van der Waals surface area contributed by atoms with Crippen LogP contribution in [0.3, 0.4) is 0 Å². The van der Waals surface area contributed by atoms with Gasteiger partial charge in [0, 0.05) is 96.0 Å². The summed E-state index contributed by atoms with van der Waals surface area (Å²) in [5.41, 5.74) is 16.1. The average Bonchev–Trinajstić information content (AvgIpc) is 0.876. The number of hydrogen-bond donors (Lipinski definition) is 0. The van der Waals surface area contributed by atoms with Crippen LogP contribution in [-0.2, 0) is 72.7 Å². The number of pyridine rings is 3. The number of hydrogen-bond acceptors (Lipinski definition) is 9. The molecule has 6 heterocycles. The van der Waals surface area contributed by atoms with Crippen LogP contribution in [0.15, 0.2) is 358 Å². The zero-order valence-electron chi connectivity index (χ0n) is 60.1. The van der Waals surface area contributed by atoms with Crippen LogP contribution in [0, 0.1) is 48.0 Å². The fourth-order valence-corrected chi connectivity index (χ4v) is 11.2. The Morgan fingerprint density at radius 1 is 0.217 bits per heavy atom. The summed E-state index contributed by atoms with van der Waals surface area (Å²) in [5, 5.41) is 0. The van der Waals surface area contributed by atoms with Crippen molar-refractivity contribution in [1.82, 2.24) is 44.9 Å². The number of nitrogens with zero attached hydrogens (tertiary/aromatic N) is 9. The predicted octanol–water partition coefficient (Wildman–Crippen LogP) is 24.2. The van der Waals surface area contributed by atoms with Gasteiger partial charge < -0.3 is 15.0 Å². The molecule has 9 nitrogen and oxygen atoms in total. The summed E-state index contributed by atoms with van der Waals surface area (Å²) in [6.45, 7) is 0. The molecule has 0 spiro atoms. The number of fused-ring (bicyclic) bond motifs is 3. The monoisotopic (exact) mass is 2060 g/mol. The smallest absolute Gasteiger partial charge is 0.305 e. The van der Waals surface area contributed by atoms with Crippen LogP contribution in [0.1, 0.15) is 11.1 Å². The van der Waals surface area contributed by atoms with E-state index in [0.717, 1.165) is 91.6 Å². The fourth-order valence-electron chi connectivity index (χ4n) is 11.2. The molecule has 0 bridgehead atoms. The molecule has 0 N–H and O–H groups in total. The largest absolute Gasteiger partial charge is 0.381 e. The van der Waals surface area contributed by atoms with Gasteiger partial charge in [-0.3, -0.25) is 29.9 Å². The van der Waals surface area contributed by atoms with Crippen molar-refractivity contribution in [2.45, 2.75) is 12.4 Å². The van der Waals surface area contributed by atoms with E-state index in [2.05, 4.69) is 83.4 Å². The number of rotatable bonds is 9. The SMILES string of the molecule is Fc1ccc(-c2nc3ccccc3nc2-c2[c-]cc(C(F)(F)F)cc2)cc1.Fc1ccc(-c2nc3ccccc3nc2-c2[c-]cc(C(F)(F)F)cc2)cc1.[Ir].[Ir].[Ir].[c-]1ccccc1-c1ccccn1.[c-]1ccccc1-c1ccccn1.[c-]1ccccc1-c1ccccn1.[c-]1ccccc1-c1nc2ccccc2nc1-c1ccccc1. The molecule has 0 unspecified atom stereocenters. The third-order valence-electron chi connectivity index (χ3n) is 16.7. The van der Waals surface area contributed by atoms with E-state index in [4.69, 9.17) is 9.97 Å². The van der Waals surface area contributed by atoms with E-state index in [0.29, 0.717) is 67.1 Å². The van der Waals surface area contributed by atoms with Crippen molar-refractivity contribution in [3.8, 4) is 101 Å². The molecule has 573 valence electrons. The Hall–Kier alpha value is -12.5. The minimum atomic E-state index is -4.44. The Labute approximate surface area is 699 Å². The normalized spacial score (nSPS) is 10.6. The maximum Gasteiger partial charge on any atom is 0.381 e. The maximum absolute atomic E-state index is 13.3. The van der Waals surface area contributed by atoms with E-state index in [9.17, 15) is 35.1 Å². The first-order chi connectivity index (χ1) is 54.6. The van der Waals surface area contributed by atoms with E-state index >= 15 is 0 Å². The van der Waals surface area contributed by atoms with Gasteiger partial charge in [-0.1, -0.05) is 127 Å². The third-order valence-corrected chi connectivity index (χ3v) is 16.7. The number of para-hydroxylation sites is 6. The standard InChI is InChI=1S/2C21H11F4N2.C20H13N2.3C11H8N.3Ir/c2*22-16-11-7-14(8-12-16)20-19(26-17-3-1-2-4-18(17)27-20)13-5-9-15(10-6-13)21(23,24)25;1-3-9-15(10-4-1)19-20(16-11-5-2-6-12-16)22-18-14-8-7-13-17(18)21-19;3*1-2-6-10(7-3-1)11-8-4-5-9-12-11;;;/h2*1-5,7-12H;1-11,13-14H;3*1-6,8-9H;;;/q6*-1;;;. The van der Waals surface area contributed by atoms with Gasteiger partial charge in [0.15, 0.2) is 0 Å². The minimum Gasteiger partial charge on any atom is -0.305 e. The van der Waals surface area contributed by atoms with E-state index in [1.165, 1.54) is 36.4 Å². The van der Waals surface area contributed by atoms with Crippen molar-refractivity contribution in [2.24, 2.45) is 0 Å². The Balaban J connectivity index is 0.000000150. The predicted molar refractivity (Wildman–Crippen MR) is 423 cm³/mol. The van der Waals surface area contributed by atoms with Crippen LogP contribution in [0.25, 0.3) is 134 Å². The Morgan fingerprint density at radius 2 is 0.470 bits per heavy atom. The van der Waals surface area contributed by atoms with Gasteiger partial charge in [-0.2, -0.15) is 26.3 Å². The first-order valence-corrected chi connectivity index (χ1v) is 34.8. The van der Waals surface area contributed by atoms with Crippen molar-refractivity contribution in [2.75, 3.05) is 0 Å². The number of benzene rings is 12. The Bertz CT molecular complexity index is 5460. The summed E-state index contributed by atoms with van der Waals surface area (Å²) < 4.78 is 104. The molecule has 0 atom stereocenters. The van der Waals surface area contributed by atoms with Gasteiger partial charge in [0.05, 0.1) is 50.2 Å². The van der Waals surface area contributed by atoms with Crippen LogP contribution in [-0.4, -0.2) is 44.9 Å². The number of halogens is 8. The van der Waals surface area contributed by atoms with Gasteiger partial charge >= 0.3 is 12.4 Å². The van der Waals surface area contributed by atoms with Crippen LogP contribution >= 0.6 is 0 Å². The molecule has 0 aliphatic heterocycles. The minimum absolute atomic E-state index is 0. The van der Waals surface area contributed by atoms with Gasteiger partial charge in [0.2, 0.25) is 0 Å². The maximum atomic E-state index is 13.3. The van der Waals surface area contributed by atoms with Crippen molar-refractivity contribution in [3.63, 3.8) is 0 Å².